The number of nitrogens with zero attached hydrogens (tertiary/aromatic N) is 3. The summed E-state index contributed by atoms with van der Waals surface area (Å²) in [5.74, 6) is 1.41. The van der Waals surface area contributed by atoms with E-state index in [1.807, 2.05) is 12.1 Å². The van der Waals surface area contributed by atoms with Crippen LogP contribution in [0, 0.1) is 5.92 Å². The molecule has 0 spiro atoms. The van der Waals surface area contributed by atoms with Gasteiger partial charge >= 0.3 is 0 Å². The van der Waals surface area contributed by atoms with Crippen LogP contribution in [0.15, 0.2) is 31.0 Å². The Kier molecular flexibility index (Phi) is 4.89. The SMILES string of the molecule is C=CC1CCN(c2ccc(C(=O)N3CCS(=O)(=O)CC3)cn2)CC1. The maximum atomic E-state index is 12.4. The van der Waals surface area contributed by atoms with Gasteiger partial charge in [0.2, 0.25) is 0 Å². The van der Waals surface area contributed by atoms with E-state index in [1.54, 1.807) is 17.2 Å². The van der Waals surface area contributed by atoms with Crippen molar-refractivity contribution in [1.82, 2.24) is 9.88 Å². The van der Waals surface area contributed by atoms with Gasteiger partial charge in [-0.3, -0.25) is 4.79 Å². The molecule has 1 amide bonds. The molecule has 1 aromatic rings. The van der Waals surface area contributed by atoms with Crippen LogP contribution in [-0.4, -0.2) is 61.9 Å². The van der Waals surface area contributed by atoms with Gasteiger partial charge in [0, 0.05) is 32.4 Å². The Bertz CT molecular complexity index is 693. The Balaban J connectivity index is 1.62. The number of amides is 1. The minimum Gasteiger partial charge on any atom is -0.357 e. The Morgan fingerprint density at radius 3 is 2.38 bits per heavy atom. The summed E-state index contributed by atoms with van der Waals surface area (Å²) in [4.78, 5) is 20.7. The van der Waals surface area contributed by atoms with E-state index in [0.29, 0.717) is 11.5 Å². The lowest BCUT2D eigenvalue weighted by Gasteiger charge is -2.31. The van der Waals surface area contributed by atoms with Crippen molar-refractivity contribution in [3.05, 3.63) is 36.5 Å². The summed E-state index contributed by atoms with van der Waals surface area (Å²) >= 11 is 0. The van der Waals surface area contributed by atoms with E-state index in [4.69, 9.17) is 0 Å². The maximum absolute atomic E-state index is 12.4. The molecule has 7 heteroatoms. The predicted molar refractivity (Wildman–Crippen MR) is 93.9 cm³/mol. The highest BCUT2D eigenvalue weighted by Crippen LogP contribution is 2.22. The van der Waals surface area contributed by atoms with Crippen molar-refractivity contribution in [1.29, 1.82) is 0 Å². The van der Waals surface area contributed by atoms with Gasteiger partial charge in [0.05, 0.1) is 17.1 Å². The summed E-state index contributed by atoms with van der Waals surface area (Å²) in [5, 5.41) is 0. The standard InChI is InChI=1S/C17H23N3O3S/c1-2-14-5-7-19(8-6-14)16-4-3-15(13-18-16)17(21)20-9-11-24(22,23)12-10-20/h2-4,13-14H,1,5-12H2. The molecule has 0 radical (unpaired) electrons. The zero-order chi connectivity index (χ0) is 17.2. The van der Waals surface area contributed by atoms with Crippen LogP contribution in [0.5, 0.6) is 0 Å². The van der Waals surface area contributed by atoms with Crippen LogP contribution >= 0.6 is 0 Å². The van der Waals surface area contributed by atoms with Crippen LogP contribution in [0.2, 0.25) is 0 Å². The fourth-order valence-corrected chi connectivity index (χ4v) is 4.36. The first-order valence-electron chi connectivity index (χ1n) is 8.32. The number of carbonyl (C=O) groups is 1. The van der Waals surface area contributed by atoms with Crippen LogP contribution in [0.1, 0.15) is 23.2 Å². The number of piperidine rings is 1. The van der Waals surface area contributed by atoms with Crippen LogP contribution in [0.25, 0.3) is 0 Å². The lowest BCUT2D eigenvalue weighted by molar-refractivity contribution is 0.0770. The van der Waals surface area contributed by atoms with Gasteiger partial charge in [0.1, 0.15) is 5.82 Å². The van der Waals surface area contributed by atoms with Crippen molar-refractivity contribution in [2.75, 3.05) is 42.6 Å². The largest absolute Gasteiger partial charge is 0.357 e. The molecule has 0 N–H and O–H groups in total. The first-order valence-corrected chi connectivity index (χ1v) is 10.1. The topological polar surface area (TPSA) is 70.6 Å². The van der Waals surface area contributed by atoms with E-state index in [1.165, 1.54) is 0 Å². The summed E-state index contributed by atoms with van der Waals surface area (Å²) < 4.78 is 22.9. The molecular formula is C17H23N3O3S. The third-order valence-electron chi connectivity index (χ3n) is 4.82. The third-order valence-corrected chi connectivity index (χ3v) is 6.43. The normalized spacial score (nSPS) is 21.5. The molecule has 6 nitrogen and oxygen atoms in total. The molecule has 2 fully saturated rings. The van der Waals surface area contributed by atoms with Crippen molar-refractivity contribution in [3.63, 3.8) is 0 Å². The highest BCUT2D eigenvalue weighted by Gasteiger charge is 2.26. The maximum Gasteiger partial charge on any atom is 0.255 e. The Hall–Kier alpha value is -1.89. The minimum atomic E-state index is -2.98. The first-order chi connectivity index (χ1) is 11.5. The molecule has 0 saturated carbocycles. The van der Waals surface area contributed by atoms with Gasteiger partial charge in [-0.15, -0.1) is 6.58 Å². The quantitative estimate of drug-likeness (QED) is 0.771. The van der Waals surface area contributed by atoms with E-state index in [0.717, 1.165) is 31.7 Å². The Labute approximate surface area is 143 Å². The van der Waals surface area contributed by atoms with Gasteiger partial charge in [-0.05, 0) is 30.9 Å². The number of allylic oxidation sites excluding steroid dienone is 1. The summed E-state index contributed by atoms with van der Waals surface area (Å²) in [7, 11) is -2.98. The monoisotopic (exact) mass is 349 g/mol. The van der Waals surface area contributed by atoms with Crippen molar-refractivity contribution >= 4 is 21.6 Å². The third kappa shape index (κ3) is 3.77. The van der Waals surface area contributed by atoms with Crippen LogP contribution in [0.4, 0.5) is 5.82 Å². The second kappa shape index (κ2) is 6.93. The highest BCUT2D eigenvalue weighted by molar-refractivity contribution is 7.91. The number of hydrogen-bond donors (Lipinski definition) is 0. The van der Waals surface area contributed by atoms with Gasteiger partial charge in [-0.25, -0.2) is 13.4 Å². The summed E-state index contributed by atoms with van der Waals surface area (Å²) in [6.45, 7) is 6.27. The molecule has 130 valence electrons. The van der Waals surface area contributed by atoms with Gasteiger partial charge in [0.25, 0.3) is 5.91 Å². The van der Waals surface area contributed by atoms with Crippen molar-refractivity contribution in [2.45, 2.75) is 12.8 Å². The lowest BCUT2D eigenvalue weighted by Crippen LogP contribution is -2.43. The number of aromatic nitrogens is 1. The summed E-state index contributed by atoms with van der Waals surface area (Å²) in [6.07, 6.45) is 5.77. The van der Waals surface area contributed by atoms with Gasteiger partial charge < -0.3 is 9.80 Å². The number of pyridine rings is 1. The number of carbonyl (C=O) groups excluding carboxylic acids is 1. The molecule has 24 heavy (non-hydrogen) atoms. The number of anilines is 1. The Morgan fingerprint density at radius 1 is 1.17 bits per heavy atom. The average Bonchev–Trinajstić information content (AvgIpc) is 2.61. The van der Waals surface area contributed by atoms with Gasteiger partial charge in [-0.2, -0.15) is 0 Å². The van der Waals surface area contributed by atoms with E-state index in [2.05, 4.69) is 16.5 Å². The van der Waals surface area contributed by atoms with Crippen LogP contribution < -0.4 is 4.90 Å². The molecule has 0 unspecified atom stereocenters. The smallest absolute Gasteiger partial charge is 0.255 e. The summed E-state index contributed by atoms with van der Waals surface area (Å²) in [6, 6.07) is 3.66. The fourth-order valence-electron chi connectivity index (χ4n) is 3.16. The zero-order valence-corrected chi connectivity index (χ0v) is 14.5. The van der Waals surface area contributed by atoms with E-state index in [9.17, 15) is 13.2 Å². The molecule has 3 rings (SSSR count). The van der Waals surface area contributed by atoms with E-state index in [-0.39, 0.29) is 30.5 Å². The minimum absolute atomic E-state index is 0.0441. The van der Waals surface area contributed by atoms with Crippen molar-refractivity contribution in [3.8, 4) is 0 Å². The van der Waals surface area contributed by atoms with E-state index >= 15 is 0 Å². The first kappa shape index (κ1) is 17.0. The molecule has 0 atom stereocenters. The molecule has 2 aliphatic heterocycles. The lowest BCUT2D eigenvalue weighted by atomic mass is 9.97. The highest BCUT2D eigenvalue weighted by atomic mass is 32.2. The van der Waals surface area contributed by atoms with Crippen LogP contribution in [0.3, 0.4) is 0 Å². The number of sulfone groups is 1. The second-order valence-corrected chi connectivity index (χ2v) is 8.71. The second-order valence-electron chi connectivity index (χ2n) is 6.41. The summed E-state index contributed by atoms with van der Waals surface area (Å²) in [5.41, 5.74) is 0.513. The molecule has 2 saturated heterocycles. The molecule has 3 heterocycles. The fraction of sp³-hybridized carbons (Fsp3) is 0.529. The predicted octanol–water partition coefficient (Wildman–Crippen LogP) is 1.35. The molecule has 0 aromatic carbocycles. The molecule has 0 bridgehead atoms. The Morgan fingerprint density at radius 2 is 1.83 bits per heavy atom. The van der Waals surface area contributed by atoms with Crippen LogP contribution in [-0.2, 0) is 9.84 Å². The van der Waals surface area contributed by atoms with Gasteiger partial charge in [0.15, 0.2) is 9.84 Å². The molecule has 2 aliphatic rings. The van der Waals surface area contributed by atoms with E-state index < -0.39 is 9.84 Å². The van der Waals surface area contributed by atoms with Crippen molar-refractivity contribution < 1.29 is 13.2 Å². The number of rotatable bonds is 3. The molecule has 1 aromatic heterocycles. The van der Waals surface area contributed by atoms with Gasteiger partial charge in [-0.1, -0.05) is 6.08 Å². The van der Waals surface area contributed by atoms with Crippen molar-refractivity contribution in [2.24, 2.45) is 5.92 Å². The average molecular weight is 349 g/mol. The molecule has 0 aliphatic carbocycles. The number of hydrogen-bond acceptors (Lipinski definition) is 5. The zero-order valence-electron chi connectivity index (χ0n) is 13.7. The molecular weight excluding hydrogens is 326 g/mol.